The van der Waals surface area contributed by atoms with Gasteiger partial charge in [-0.2, -0.15) is 0 Å². The Bertz CT molecular complexity index is 406. The first-order valence-corrected chi connectivity index (χ1v) is 6.89. The van der Waals surface area contributed by atoms with Crippen LogP contribution in [0, 0.1) is 0 Å². The number of methoxy groups -OCH3 is 1. The Hall–Kier alpha value is -0.0700. The maximum Gasteiger partial charge on any atom is 0.123 e. The van der Waals surface area contributed by atoms with E-state index in [0.29, 0.717) is 0 Å². The molecular formula is C13H20BrCl2FN2O. The van der Waals surface area contributed by atoms with Crippen molar-refractivity contribution in [3.63, 3.8) is 0 Å². The first-order chi connectivity index (χ1) is 8.76. The summed E-state index contributed by atoms with van der Waals surface area (Å²) in [7, 11) is 1.62. The van der Waals surface area contributed by atoms with Crippen molar-refractivity contribution in [2.24, 2.45) is 0 Å². The van der Waals surface area contributed by atoms with Gasteiger partial charge in [0.25, 0.3) is 0 Å². The Morgan fingerprint density at radius 3 is 2.55 bits per heavy atom. The zero-order valence-electron chi connectivity index (χ0n) is 11.3. The van der Waals surface area contributed by atoms with Crippen molar-refractivity contribution in [1.29, 1.82) is 0 Å². The maximum absolute atomic E-state index is 13.4. The Kier molecular flexibility index (Phi) is 9.76. The molecule has 1 saturated heterocycles. The van der Waals surface area contributed by atoms with Gasteiger partial charge in [-0.25, -0.2) is 4.39 Å². The van der Waals surface area contributed by atoms with E-state index in [-0.39, 0.29) is 30.9 Å². The largest absolute Gasteiger partial charge is 0.496 e. The van der Waals surface area contributed by atoms with E-state index in [9.17, 15) is 4.39 Å². The summed E-state index contributed by atoms with van der Waals surface area (Å²) in [5.74, 6) is 0.749. The van der Waals surface area contributed by atoms with Crippen LogP contribution in [0.4, 0.5) is 4.39 Å². The van der Waals surface area contributed by atoms with Gasteiger partial charge in [0.2, 0.25) is 0 Å². The Morgan fingerprint density at radius 2 is 2.00 bits per heavy atom. The van der Waals surface area contributed by atoms with Crippen molar-refractivity contribution in [2.45, 2.75) is 6.04 Å². The fourth-order valence-electron chi connectivity index (χ4n) is 2.34. The quantitative estimate of drug-likeness (QED) is 0.855. The minimum absolute atomic E-state index is 0. The van der Waals surface area contributed by atoms with E-state index < -0.39 is 6.67 Å². The number of hydrogen-bond donors (Lipinski definition) is 1. The van der Waals surface area contributed by atoms with Crippen molar-refractivity contribution in [2.75, 3.05) is 40.0 Å². The lowest BCUT2D eigenvalue weighted by atomic mass is 10.0. The van der Waals surface area contributed by atoms with Gasteiger partial charge in [0.05, 0.1) is 13.2 Å². The molecule has 1 atom stereocenters. The molecule has 0 saturated carbocycles. The number of rotatable bonds is 4. The summed E-state index contributed by atoms with van der Waals surface area (Å²) >= 11 is 3.44. The van der Waals surface area contributed by atoms with Crippen LogP contribution in [-0.4, -0.2) is 44.9 Å². The van der Waals surface area contributed by atoms with Gasteiger partial charge in [-0.3, -0.25) is 4.90 Å². The maximum atomic E-state index is 13.4. The number of halogens is 4. The van der Waals surface area contributed by atoms with Gasteiger partial charge in [0.1, 0.15) is 12.4 Å². The molecule has 1 aliphatic rings. The lowest BCUT2D eigenvalue weighted by Crippen LogP contribution is -2.45. The summed E-state index contributed by atoms with van der Waals surface area (Å²) in [5, 5.41) is 3.28. The average molecular weight is 390 g/mol. The Labute approximate surface area is 140 Å². The number of benzene rings is 1. The summed E-state index contributed by atoms with van der Waals surface area (Å²) < 4.78 is 19.7. The number of ether oxygens (including phenoxy) is 1. The minimum Gasteiger partial charge on any atom is -0.496 e. The fraction of sp³-hybridized carbons (Fsp3) is 0.538. The van der Waals surface area contributed by atoms with E-state index in [4.69, 9.17) is 4.74 Å². The standard InChI is InChI=1S/C13H18BrFN2O.2ClH/c1-18-13-3-2-10(14)8-11(13)12(9-15)17-6-4-16-5-7-17;;/h2-3,8,12,16H,4-7,9H2,1H3;2*1H/t12-;;/m0../s1. The summed E-state index contributed by atoms with van der Waals surface area (Å²) in [6, 6.07) is 5.52. The molecule has 20 heavy (non-hydrogen) atoms. The average Bonchev–Trinajstić information content (AvgIpc) is 2.41. The number of piperazine rings is 1. The Balaban J connectivity index is 0.00000180. The lowest BCUT2D eigenvalue weighted by molar-refractivity contribution is 0.145. The highest BCUT2D eigenvalue weighted by atomic mass is 79.9. The molecule has 0 unspecified atom stereocenters. The molecule has 0 aromatic heterocycles. The molecule has 0 bridgehead atoms. The van der Waals surface area contributed by atoms with Crippen molar-refractivity contribution in [1.82, 2.24) is 10.2 Å². The zero-order chi connectivity index (χ0) is 13.0. The van der Waals surface area contributed by atoms with Gasteiger partial charge in [0.15, 0.2) is 0 Å². The predicted octanol–water partition coefficient (Wildman–Crippen LogP) is 3.22. The molecule has 0 amide bonds. The minimum atomic E-state index is -0.396. The molecule has 1 aromatic carbocycles. The third-order valence-electron chi connectivity index (χ3n) is 3.29. The second-order valence-electron chi connectivity index (χ2n) is 4.34. The van der Waals surface area contributed by atoms with Crippen LogP contribution >= 0.6 is 40.7 Å². The van der Waals surface area contributed by atoms with E-state index in [1.165, 1.54) is 0 Å². The van der Waals surface area contributed by atoms with E-state index in [1.54, 1.807) is 7.11 Å². The van der Waals surface area contributed by atoms with Crippen molar-refractivity contribution in [3.05, 3.63) is 28.2 Å². The molecule has 0 spiro atoms. The molecule has 2 rings (SSSR count). The second kappa shape index (κ2) is 9.79. The summed E-state index contributed by atoms with van der Waals surface area (Å²) in [6.45, 7) is 3.15. The topological polar surface area (TPSA) is 24.5 Å². The van der Waals surface area contributed by atoms with Gasteiger partial charge in [-0.15, -0.1) is 24.8 Å². The van der Waals surface area contributed by atoms with E-state index in [2.05, 4.69) is 26.1 Å². The highest BCUT2D eigenvalue weighted by molar-refractivity contribution is 9.10. The van der Waals surface area contributed by atoms with Crippen LogP contribution in [0.5, 0.6) is 5.75 Å². The molecule has 116 valence electrons. The summed E-state index contributed by atoms with van der Waals surface area (Å²) in [5.41, 5.74) is 0.913. The zero-order valence-corrected chi connectivity index (χ0v) is 14.5. The van der Waals surface area contributed by atoms with Crippen LogP contribution in [0.1, 0.15) is 11.6 Å². The molecule has 1 aliphatic heterocycles. The number of hydrogen-bond acceptors (Lipinski definition) is 3. The van der Waals surface area contributed by atoms with E-state index in [1.807, 2.05) is 18.2 Å². The van der Waals surface area contributed by atoms with Gasteiger partial charge in [0, 0.05) is 36.2 Å². The third-order valence-corrected chi connectivity index (χ3v) is 3.78. The molecular weight excluding hydrogens is 370 g/mol. The summed E-state index contributed by atoms with van der Waals surface area (Å²) in [6.07, 6.45) is 0. The normalized spacial score (nSPS) is 16.8. The molecule has 0 radical (unpaired) electrons. The number of nitrogens with zero attached hydrogens (tertiary/aromatic N) is 1. The predicted molar refractivity (Wildman–Crippen MR) is 88.3 cm³/mol. The second-order valence-corrected chi connectivity index (χ2v) is 5.26. The van der Waals surface area contributed by atoms with Crippen molar-refractivity contribution < 1.29 is 9.13 Å². The van der Waals surface area contributed by atoms with Crippen LogP contribution in [0.2, 0.25) is 0 Å². The highest BCUT2D eigenvalue weighted by Crippen LogP contribution is 2.32. The smallest absolute Gasteiger partial charge is 0.123 e. The fourth-order valence-corrected chi connectivity index (χ4v) is 2.72. The first kappa shape index (κ1) is 19.9. The highest BCUT2D eigenvalue weighted by Gasteiger charge is 2.24. The number of alkyl halides is 1. The van der Waals surface area contributed by atoms with Gasteiger partial charge in [-0.05, 0) is 18.2 Å². The molecule has 0 aliphatic carbocycles. The van der Waals surface area contributed by atoms with Crippen molar-refractivity contribution in [3.8, 4) is 5.75 Å². The van der Waals surface area contributed by atoms with E-state index >= 15 is 0 Å². The lowest BCUT2D eigenvalue weighted by Gasteiger charge is -2.34. The molecule has 1 heterocycles. The van der Waals surface area contributed by atoms with Crippen molar-refractivity contribution >= 4 is 40.7 Å². The van der Waals surface area contributed by atoms with Gasteiger partial charge in [-0.1, -0.05) is 15.9 Å². The van der Waals surface area contributed by atoms with Gasteiger partial charge >= 0.3 is 0 Å². The van der Waals surface area contributed by atoms with Gasteiger partial charge < -0.3 is 10.1 Å². The Morgan fingerprint density at radius 1 is 1.35 bits per heavy atom. The first-order valence-electron chi connectivity index (χ1n) is 6.10. The van der Waals surface area contributed by atoms with Crippen LogP contribution in [-0.2, 0) is 0 Å². The van der Waals surface area contributed by atoms with Crippen LogP contribution in [0.15, 0.2) is 22.7 Å². The SMILES string of the molecule is COc1ccc(Br)cc1[C@H](CF)N1CCNCC1.Cl.Cl. The third kappa shape index (κ3) is 4.74. The molecule has 1 fully saturated rings. The van der Waals surface area contributed by atoms with E-state index in [0.717, 1.165) is 42.0 Å². The molecule has 3 nitrogen and oxygen atoms in total. The van der Waals surface area contributed by atoms with Crippen LogP contribution < -0.4 is 10.1 Å². The monoisotopic (exact) mass is 388 g/mol. The van der Waals surface area contributed by atoms with Crippen LogP contribution in [0.25, 0.3) is 0 Å². The molecule has 7 heteroatoms. The molecule has 1 aromatic rings. The number of nitrogens with one attached hydrogen (secondary N) is 1. The summed E-state index contributed by atoms with van der Waals surface area (Å²) in [4.78, 5) is 2.17. The van der Waals surface area contributed by atoms with Crippen LogP contribution in [0.3, 0.4) is 0 Å². The molecule has 1 N–H and O–H groups in total.